The second-order valence-electron chi connectivity index (χ2n) is 4.52. The Balaban J connectivity index is 2.29. The van der Waals surface area contributed by atoms with Crippen molar-refractivity contribution in [2.75, 3.05) is 6.54 Å². The van der Waals surface area contributed by atoms with Gasteiger partial charge in [-0.05, 0) is 31.4 Å². The van der Waals surface area contributed by atoms with Crippen LogP contribution >= 0.6 is 33.9 Å². The molecule has 1 N–H and O–H groups in total. The molecular formula is C12H12Cl3NO4S. The van der Waals surface area contributed by atoms with E-state index in [1.807, 2.05) is 0 Å². The van der Waals surface area contributed by atoms with Crippen LogP contribution in [0.1, 0.15) is 19.3 Å². The second kappa shape index (κ2) is 6.60. The first-order valence-corrected chi connectivity index (χ1v) is 9.24. The molecule has 0 radical (unpaired) electrons. The van der Waals surface area contributed by atoms with Gasteiger partial charge in [0.1, 0.15) is 15.7 Å². The van der Waals surface area contributed by atoms with Gasteiger partial charge in [0, 0.05) is 17.2 Å². The molecule has 116 valence electrons. The molecule has 1 aromatic carbocycles. The molecule has 1 amide bonds. The van der Waals surface area contributed by atoms with Crippen LogP contribution in [0.4, 0.5) is 0 Å². The third-order valence-electron chi connectivity index (χ3n) is 3.03. The van der Waals surface area contributed by atoms with Crippen LogP contribution in [-0.4, -0.2) is 27.0 Å². The third-order valence-corrected chi connectivity index (χ3v) is 5.37. The van der Waals surface area contributed by atoms with Crippen molar-refractivity contribution in [3.63, 3.8) is 0 Å². The van der Waals surface area contributed by atoms with Crippen molar-refractivity contribution in [3.05, 3.63) is 22.2 Å². The summed E-state index contributed by atoms with van der Waals surface area (Å²) in [6, 6.07) is 2.53. The minimum absolute atomic E-state index is 0.0876. The number of ether oxygens (including phenoxy) is 1. The molecule has 0 aromatic heterocycles. The first-order valence-electron chi connectivity index (χ1n) is 6.17. The highest BCUT2D eigenvalue weighted by molar-refractivity contribution is 8.13. The minimum Gasteiger partial charge on any atom is -0.479 e. The summed E-state index contributed by atoms with van der Waals surface area (Å²) >= 11 is 11.9. The fourth-order valence-corrected chi connectivity index (χ4v) is 3.75. The zero-order valence-electron chi connectivity index (χ0n) is 10.7. The summed E-state index contributed by atoms with van der Waals surface area (Å²) in [6.07, 6.45) is 1.58. The average Bonchev–Trinajstić information content (AvgIpc) is 2.59. The molecule has 0 aliphatic carbocycles. The van der Waals surface area contributed by atoms with Crippen LogP contribution in [0, 0.1) is 0 Å². The molecule has 1 heterocycles. The Morgan fingerprint density at radius 2 is 1.90 bits per heavy atom. The van der Waals surface area contributed by atoms with Crippen molar-refractivity contribution in [3.8, 4) is 5.75 Å². The van der Waals surface area contributed by atoms with Crippen LogP contribution < -0.4 is 10.1 Å². The number of benzene rings is 1. The molecule has 21 heavy (non-hydrogen) atoms. The summed E-state index contributed by atoms with van der Waals surface area (Å²) in [4.78, 5) is 11.5. The van der Waals surface area contributed by atoms with E-state index < -0.39 is 15.2 Å². The standard InChI is InChI=1S/C12H12Cl3NO4S/c13-10-7(4-5-9(11(10)14)21(15,18)19)20-8-3-1-2-6-16-12(8)17/h4-5,8H,1-3,6H2,(H,16,17). The van der Waals surface area contributed by atoms with E-state index in [2.05, 4.69) is 5.32 Å². The molecule has 1 aliphatic heterocycles. The fourth-order valence-electron chi connectivity index (χ4n) is 1.97. The predicted molar refractivity (Wildman–Crippen MR) is 80.8 cm³/mol. The Hall–Kier alpha value is -0.690. The molecule has 0 bridgehead atoms. The van der Waals surface area contributed by atoms with Gasteiger partial charge in [0.25, 0.3) is 15.0 Å². The zero-order chi connectivity index (χ0) is 15.6. The Morgan fingerprint density at radius 1 is 1.19 bits per heavy atom. The van der Waals surface area contributed by atoms with Crippen LogP contribution in [0.5, 0.6) is 5.75 Å². The molecule has 1 saturated heterocycles. The molecule has 1 aliphatic rings. The van der Waals surface area contributed by atoms with Gasteiger partial charge in [-0.2, -0.15) is 0 Å². The smallest absolute Gasteiger partial charge is 0.262 e. The number of halogens is 3. The van der Waals surface area contributed by atoms with Crippen molar-refractivity contribution in [2.24, 2.45) is 0 Å². The first-order chi connectivity index (χ1) is 9.80. The minimum atomic E-state index is -4.00. The van der Waals surface area contributed by atoms with Gasteiger partial charge in [-0.3, -0.25) is 4.79 Å². The van der Waals surface area contributed by atoms with Gasteiger partial charge in [-0.25, -0.2) is 8.42 Å². The highest BCUT2D eigenvalue weighted by Gasteiger charge is 2.25. The molecule has 5 nitrogen and oxygen atoms in total. The van der Waals surface area contributed by atoms with Crippen LogP contribution in [0.25, 0.3) is 0 Å². The Morgan fingerprint density at radius 3 is 2.57 bits per heavy atom. The summed E-state index contributed by atoms with van der Waals surface area (Å²) in [5, 5.41) is 2.42. The SMILES string of the molecule is O=C1NCCCCC1Oc1ccc(S(=O)(=O)Cl)c(Cl)c1Cl. The number of hydrogen-bond acceptors (Lipinski definition) is 4. The number of carbonyl (C=O) groups is 1. The van der Waals surface area contributed by atoms with Crippen molar-refractivity contribution >= 4 is 48.8 Å². The number of hydrogen-bond donors (Lipinski definition) is 1. The summed E-state index contributed by atoms with van der Waals surface area (Å²) in [5.41, 5.74) is 0. The molecule has 2 rings (SSSR count). The normalized spacial score (nSPS) is 19.8. The van der Waals surface area contributed by atoms with Crippen LogP contribution in [-0.2, 0) is 13.8 Å². The summed E-state index contributed by atoms with van der Waals surface area (Å²) < 4.78 is 28.2. The maximum absolute atomic E-state index is 11.8. The van der Waals surface area contributed by atoms with Gasteiger partial charge in [0.15, 0.2) is 6.10 Å². The molecule has 1 fully saturated rings. The highest BCUT2D eigenvalue weighted by Crippen LogP contribution is 2.38. The van der Waals surface area contributed by atoms with E-state index in [0.29, 0.717) is 13.0 Å². The number of nitrogens with one attached hydrogen (secondary N) is 1. The topological polar surface area (TPSA) is 72.5 Å². The van der Waals surface area contributed by atoms with Crippen LogP contribution in [0.2, 0.25) is 10.0 Å². The molecule has 0 spiro atoms. The zero-order valence-corrected chi connectivity index (χ0v) is 13.8. The lowest BCUT2D eigenvalue weighted by molar-refractivity contribution is -0.127. The number of carbonyl (C=O) groups excluding carboxylic acids is 1. The van der Waals surface area contributed by atoms with Crippen molar-refractivity contribution in [1.82, 2.24) is 5.32 Å². The predicted octanol–water partition coefficient (Wildman–Crippen LogP) is 2.97. The summed E-state index contributed by atoms with van der Waals surface area (Å²) in [7, 11) is 1.25. The average molecular weight is 373 g/mol. The lowest BCUT2D eigenvalue weighted by Gasteiger charge is -2.17. The van der Waals surface area contributed by atoms with Crippen molar-refractivity contribution in [1.29, 1.82) is 0 Å². The molecule has 1 atom stereocenters. The van der Waals surface area contributed by atoms with E-state index in [9.17, 15) is 13.2 Å². The van der Waals surface area contributed by atoms with Gasteiger partial charge >= 0.3 is 0 Å². The van der Waals surface area contributed by atoms with Crippen molar-refractivity contribution in [2.45, 2.75) is 30.3 Å². The van der Waals surface area contributed by atoms with Gasteiger partial charge in [0.05, 0.1) is 5.02 Å². The van der Waals surface area contributed by atoms with Crippen molar-refractivity contribution < 1.29 is 17.9 Å². The molecule has 0 saturated carbocycles. The van der Waals surface area contributed by atoms with Crippen LogP contribution in [0.3, 0.4) is 0 Å². The summed E-state index contributed by atoms with van der Waals surface area (Å²) in [5.74, 6) is -0.0819. The number of rotatable bonds is 3. The molecule has 9 heteroatoms. The fraction of sp³-hybridized carbons (Fsp3) is 0.417. The van der Waals surface area contributed by atoms with E-state index in [4.69, 9.17) is 38.6 Å². The first kappa shape index (κ1) is 16.7. The molecule has 1 unspecified atom stereocenters. The lowest BCUT2D eigenvalue weighted by Crippen LogP contribution is -2.36. The monoisotopic (exact) mass is 371 g/mol. The van der Waals surface area contributed by atoms with Gasteiger partial charge in [-0.1, -0.05) is 23.2 Å². The Labute approximate surface area is 136 Å². The van der Waals surface area contributed by atoms with E-state index in [0.717, 1.165) is 12.8 Å². The largest absolute Gasteiger partial charge is 0.479 e. The van der Waals surface area contributed by atoms with Gasteiger partial charge in [-0.15, -0.1) is 0 Å². The summed E-state index contributed by atoms with van der Waals surface area (Å²) in [6.45, 7) is 0.608. The van der Waals surface area contributed by atoms with Crippen LogP contribution in [0.15, 0.2) is 17.0 Å². The van der Waals surface area contributed by atoms with Gasteiger partial charge in [0.2, 0.25) is 0 Å². The lowest BCUT2D eigenvalue weighted by atomic mass is 10.2. The van der Waals surface area contributed by atoms with Gasteiger partial charge < -0.3 is 10.1 Å². The third kappa shape index (κ3) is 3.94. The second-order valence-corrected chi connectivity index (χ2v) is 7.81. The Bertz CT molecular complexity index is 663. The molecular weight excluding hydrogens is 361 g/mol. The Kier molecular flexibility index (Phi) is 5.24. The van der Waals surface area contributed by atoms with E-state index in [1.165, 1.54) is 12.1 Å². The maximum Gasteiger partial charge on any atom is 0.262 e. The maximum atomic E-state index is 11.8. The highest BCUT2D eigenvalue weighted by atomic mass is 35.7. The molecule has 1 aromatic rings. The van der Waals surface area contributed by atoms with E-state index in [1.54, 1.807) is 0 Å². The quantitative estimate of drug-likeness (QED) is 0.828. The van der Waals surface area contributed by atoms with E-state index in [-0.39, 0.29) is 26.6 Å². The number of amides is 1. The van der Waals surface area contributed by atoms with E-state index >= 15 is 0 Å².